The lowest BCUT2D eigenvalue weighted by Gasteiger charge is -2.31. The number of hydrogen-bond donors (Lipinski definition) is 1. The third-order valence-electron chi connectivity index (χ3n) is 4.00. The first kappa shape index (κ1) is 15.4. The first-order valence-corrected chi connectivity index (χ1v) is 7.29. The largest absolute Gasteiger partial charge is 0.346 e. The first-order chi connectivity index (χ1) is 8.65. The number of rotatable bonds is 7. The second-order valence-electron chi connectivity index (χ2n) is 5.48. The van der Waals surface area contributed by atoms with Crippen molar-refractivity contribution in [2.24, 2.45) is 5.73 Å². The molecule has 0 aliphatic heterocycles. The molecule has 1 amide bonds. The minimum atomic E-state index is 0.242. The van der Waals surface area contributed by atoms with E-state index >= 15 is 0 Å². The number of nitrogens with two attached hydrogens (primary N) is 1. The van der Waals surface area contributed by atoms with Crippen molar-refractivity contribution in [3.05, 3.63) is 0 Å². The van der Waals surface area contributed by atoms with Crippen LogP contribution in [0, 0.1) is 0 Å². The highest BCUT2D eigenvalue weighted by molar-refractivity contribution is 5.76. The quantitative estimate of drug-likeness (QED) is 0.749. The summed E-state index contributed by atoms with van der Waals surface area (Å²) in [6.07, 6.45) is 8.19. The van der Waals surface area contributed by atoms with E-state index in [1.807, 2.05) is 11.9 Å². The molecule has 0 heterocycles. The van der Waals surface area contributed by atoms with E-state index in [0.29, 0.717) is 19.0 Å². The second-order valence-corrected chi connectivity index (χ2v) is 5.48. The van der Waals surface area contributed by atoms with Gasteiger partial charge in [-0.1, -0.05) is 19.3 Å². The third-order valence-corrected chi connectivity index (χ3v) is 4.00. The van der Waals surface area contributed by atoms with Gasteiger partial charge in [0.1, 0.15) is 0 Å². The van der Waals surface area contributed by atoms with Crippen molar-refractivity contribution in [2.75, 3.05) is 33.7 Å². The maximum absolute atomic E-state index is 11.9. The Morgan fingerprint density at radius 1 is 1.17 bits per heavy atom. The fraction of sp³-hybridized carbons (Fsp3) is 0.929. The van der Waals surface area contributed by atoms with Gasteiger partial charge in [-0.25, -0.2) is 0 Å². The van der Waals surface area contributed by atoms with Crippen LogP contribution in [-0.2, 0) is 4.79 Å². The summed E-state index contributed by atoms with van der Waals surface area (Å²) in [5, 5.41) is 0. The van der Waals surface area contributed by atoms with Crippen LogP contribution in [-0.4, -0.2) is 55.5 Å². The lowest BCUT2D eigenvalue weighted by atomic mass is 9.94. The van der Waals surface area contributed by atoms with Crippen LogP contribution < -0.4 is 5.73 Å². The number of nitrogens with zero attached hydrogens (tertiary/aromatic N) is 2. The molecule has 0 atom stereocenters. The van der Waals surface area contributed by atoms with Crippen molar-refractivity contribution < 1.29 is 4.79 Å². The van der Waals surface area contributed by atoms with Crippen molar-refractivity contribution >= 4 is 5.91 Å². The summed E-state index contributed by atoms with van der Waals surface area (Å²) in [7, 11) is 4.03. The molecule has 0 spiro atoms. The second kappa shape index (κ2) is 8.48. The molecule has 1 rings (SSSR count). The fourth-order valence-electron chi connectivity index (χ4n) is 2.62. The fourth-order valence-corrected chi connectivity index (χ4v) is 2.62. The molecular formula is C14H29N3O. The molecule has 1 fully saturated rings. The van der Waals surface area contributed by atoms with Crippen LogP contribution in [0.2, 0.25) is 0 Å². The lowest BCUT2D eigenvalue weighted by molar-refractivity contribution is -0.130. The van der Waals surface area contributed by atoms with Gasteiger partial charge < -0.3 is 15.5 Å². The Bertz CT molecular complexity index is 239. The predicted octanol–water partition coefficient (Wildman–Crippen LogP) is 1.45. The molecule has 0 aromatic rings. The maximum Gasteiger partial charge on any atom is 0.223 e. The summed E-state index contributed by atoms with van der Waals surface area (Å²) in [5.74, 6) is 0.242. The number of carbonyl (C=O) groups excluding carboxylic acids is 1. The smallest absolute Gasteiger partial charge is 0.223 e. The molecule has 0 radical (unpaired) electrons. The van der Waals surface area contributed by atoms with Gasteiger partial charge in [0.25, 0.3) is 0 Å². The molecule has 0 saturated heterocycles. The summed E-state index contributed by atoms with van der Waals surface area (Å²) in [6.45, 7) is 2.32. The van der Waals surface area contributed by atoms with Gasteiger partial charge in [0, 0.05) is 32.6 Å². The average molecular weight is 255 g/mol. The Morgan fingerprint density at radius 3 is 2.44 bits per heavy atom. The number of hydrogen-bond acceptors (Lipinski definition) is 3. The van der Waals surface area contributed by atoms with E-state index in [0.717, 1.165) is 19.5 Å². The van der Waals surface area contributed by atoms with Crippen LogP contribution in [0.15, 0.2) is 0 Å². The first-order valence-electron chi connectivity index (χ1n) is 7.29. The highest BCUT2D eigenvalue weighted by Crippen LogP contribution is 2.21. The van der Waals surface area contributed by atoms with E-state index in [-0.39, 0.29) is 5.91 Å². The summed E-state index contributed by atoms with van der Waals surface area (Å²) < 4.78 is 0. The summed E-state index contributed by atoms with van der Waals surface area (Å²) in [6, 6.07) is 0.695. The van der Waals surface area contributed by atoms with Crippen molar-refractivity contribution in [2.45, 2.75) is 51.0 Å². The van der Waals surface area contributed by atoms with E-state index in [9.17, 15) is 4.79 Å². The van der Waals surface area contributed by atoms with E-state index < -0.39 is 0 Å². The molecule has 0 unspecified atom stereocenters. The summed E-state index contributed by atoms with van der Waals surface area (Å²) in [4.78, 5) is 16.1. The molecule has 0 aromatic heterocycles. The highest BCUT2D eigenvalue weighted by Gasteiger charge is 2.18. The predicted molar refractivity (Wildman–Crippen MR) is 75.4 cm³/mol. The van der Waals surface area contributed by atoms with Crippen LogP contribution in [0.25, 0.3) is 0 Å². The summed E-state index contributed by atoms with van der Waals surface area (Å²) >= 11 is 0. The molecule has 1 aliphatic carbocycles. The summed E-state index contributed by atoms with van der Waals surface area (Å²) in [5.41, 5.74) is 5.45. The van der Waals surface area contributed by atoms with Crippen molar-refractivity contribution in [1.29, 1.82) is 0 Å². The van der Waals surface area contributed by atoms with Crippen molar-refractivity contribution in [1.82, 2.24) is 9.80 Å². The van der Waals surface area contributed by atoms with Gasteiger partial charge in [-0.3, -0.25) is 4.79 Å². The Kier molecular flexibility index (Phi) is 7.28. The van der Waals surface area contributed by atoms with Gasteiger partial charge in [-0.2, -0.15) is 0 Å². The Balaban J connectivity index is 2.20. The molecule has 2 N–H and O–H groups in total. The monoisotopic (exact) mass is 255 g/mol. The molecule has 0 bridgehead atoms. The van der Waals surface area contributed by atoms with Gasteiger partial charge in [0.05, 0.1) is 0 Å². The Labute approximate surface area is 111 Å². The zero-order valence-corrected chi connectivity index (χ0v) is 12.0. The van der Waals surface area contributed by atoms with E-state index in [4.69, 9.17) is 5.73 Å². The van der Waals surface area contributed by atoms with Crippen LogP contribution in [0.1, 0.15) is 44.9 Å². The average Bonchev–Trinajstić information content (AvgIpc) is 2.42. The van der Waals surface area contributed by atoms with Gasteiger partial charge in [-0.15, -0.1) is 0 Å². The molecule has 1 aliphatic rings. The standard InChI is InChI=1S/C14H29N3O/c1-16(13-7-4-3-5-8-13)12-9-14(18)17(2)11-6-10-15/h13H,3-12,15H2,1-2H3. The van der Waals surface area contributed by atoms with Gasteiger partial charge in [-0.05, 0) is 32.9 Å². The third kappa shape index (κ3) is 5.36. The zero-order chi connectivity index (χ0) is 13.4. The van der Waals surface area contributed by atoms with Gasteiger partial charge in [0.2, 0.25) is 5.91 Å². The molecule has 1 saturated carbocycles. The van der Waals surface area contributed by atoms with Crippen LogP contribution >= 0.6 is 0 Å². The van der Waals surface area contributed by atoms with Crippen molar-refractivity contribution in [3.63, 3.8) is 0 Å². The normalized spacial score (nSPS) is 17.1. The van der Waals surface area contributed by atoms with E-state index in [1.54, 1.807) is 0 Å². The van der Waals surface area contributed by atoms with Gasteiger partial charge in [0.15, 0.2) is 0 Å². The molecule has 0 aromatic carbocycles. The molecule has 18 heavy (non-hydrogen) atoms. The molecule has 4 nitrogen and oxygen atoms in total. The Hall–Kier alpha value is -0.610. The van der Waals surface area contributed by atoms with E-state index in [2.05, 4.69) is 11.9 Å². The number of amides is 1. The lowest BCUT2D eigenvalue weighted by Crippen LogP contribution is -2.37. The Morgan fingerprint density at radius 2 is 1.83 bits per heavy atom. The SMILES string of the molecule is CN(CCCN)C(=O)CCN(C)C1CCCCC1. The highest BCUT2D eigenvalue weighted by atomic mass is 16.2. The number of carbonyl (C=O) groups is 1. The molecule has 106 valence electrons. The van der Waals surface area contributed by atoms with Crippen molar-refractivity contribution in [3.8, 4) is 0 Å². The zero-order valence-electron chi connectivity index (χ0n) is 12.0. The molecular weight excluding hydrogens is 226 g/mol. The van der Waals surface area contributed by atoms with Crippen LogP contribution in [0.4, 0.5) is 0 Å². The maximum atomic E-state index is 11.9. The van der Waals surface area contributed by atoms with Gasteiger partial charge >= 0.3 is 0 Å². The van der Waals surface area contributed by atoms with Crippen LogP contribution in [0.3, 0.4) is 0 Å². The minimum absolute atomic E-state index is 0.242. The topological polar surface area (TPSA) is 49.6 Å². The molecule has 4 heteroatoms. The minimum Gasteiger partial charge on any atom is -0.346 e. The van der Waals surface area contributed by atoms with E-state index in [1.165, 1.54) is 32.1 Å². The van der Waals surface area contributed by atoms with Crippen LogP contribution in [0.5, 0.6) is 0 Å².